The second kappa shape index (κ2) is 6.91. The molecule has 1 N–H and O–H groups in total. The molecule has 0 spiro atoms. The molecule has 0 aliphatic carbocycles. The molecule has 94 valence electrons. The zero-order valence-corrected chi connectivity index (χ0v) is 10.3. The summed E-state index contributed by atoms with van der Waals surface area (Å²) in [5, 5.41) is 8.63. The molecular weight excluding hydrogens is 218 g/mol. The van der Waals surface area contributed by atoms with Gasteiger partial charge in [-0.25, -0.2) is 0 Å². The molecule has 0 atom stereocenters. The maximum atomic E-state index is 10.5. The minimum atomic E-state index is -0.815. The Kier molecular flexibility index (Phi) is 5.49. The standard InChI is InChI=1S/C13H19NO3/c1-14(2)8-3-9-17-12-6-4-11(5-7-12)10-13(15)16/h4-7H,3,8-10H2,1-2H3,(H,15,16). The Hall–Kier alpha value is -1.55. The molecule has 0 heterocycles. The average molecular weight is 237 g/mol. The summed E-state index contributed by atoms with van der Waals surface area (Å²) in [4.78, 5) is 12.6. The van der Waals surface area contributed by atoms with Crippen molar-refractivity contribution in [3.05, 3.63) is 29.8 Å². The van der Waals surface area contributed by atoms with E-state index in [4.69, 9.17) is 9.84 Å². The fraction of sp³-hybridized carbons (Fsp3) is 0.462. The van der Waals surface area contributed by atoms with E-state index in [0.717, 1.165) is 24.3 Å². The molecule has 0 aromatic heterocycles. The molecule has 0 radical (unpaired) electrons. The minimum absolute atomic E-state index is 0.0565. The van der Waals surface area contributed by atoms with Gasteiger partial charge in [0.15, 0.2) is 0 Å². The van der Waals surface area contributed by atoms with Crippen molar-refractivity contribution in [3.63, 3.8) is 0 Å². The van der Waals surface area contributed by atoms with Crippen molar-refractivity contribution in [1.82, 2.24) is 4.90 Å². The summed E-state index contributed by atoms with van der Waals surface area (Å²) < 4.78 is 5.54. The number of carboxylic acid groups (broad SMARTS) is 1. The van der Waals surface area contributed by atoms with E-state index in [0.29, 0.717) is 6.61 Å². The number of carboxylic acids is 1. The van der Waals surface area contributed by atoms with E-state index in [9.17, 15) is 4.79 Å². The van der Waals surface area contributed by atoms with Crippen LogP contribution in [-0.2, 0) is 11.2 Å². The van der Waals surface area contributed by atoms with Crippen molar-refractivity contribution in [2.45, 2.75) is 12.8 Å². The Balaban J connectivity index is 2.32. The molecule has 0 aliphatic rings. The Morgan fingerprint density at radius 2 is 1.94 bits per heavy atom. The van der Waals surface area contributed by atoms with E-state index in [2.05, 4.69) is 4.90 Å². The van der Waals surface area contributed by atoms with Crippen LogP contribution >= 0.6 is 0 Å². The number of benzene rings is 1. The normalized spacial score (nSPS) is 10.5. The van der Waals surface area contributed by atoms with Crippen molar-refractivity contribution in [1.29, 1.82) is 0 Å². The molecule has 0 unspecified atom stereocenters. The summed E-state index contributed by atoms with van der Waals surface area (Å²) in [6, 6.07) is 7.20. The van der Waals surface area contributed by atoms with Crippen LogP contribution < -0.4 is 4.74 Å². The Morgan fingerprint density at radius 3 is 2.47 bits per heavy atom. The van der Waals surface area contributed by atoms with Crippen molar-refractivity contribution in [3.8, 4) is 5.75 Å². The summed E-state index contributed by atoms with van der Waals surface area (Å²) >= 11 is 0. The monoisotopic (exact) mass is 237 g/mol. The summed E-state index contributed by atoms with van der Waals surface area (Å²) in [6.45, 7) is 1.67. The van der Waals surface area contributed by atoms with Crippen LogP contribution in [0.2, 0.25) is 0 Å². The second-order valence-corrected chi connectivity index (χ2v) is 4.22. The average Bonchev–Trinajstić information content (AvgIpc) is 2.25. The Labute approximate surface area is 102 Å². The van der Waals surface area contributed by atoms with E-state index < -0.39 is 5.97 Å². The maximum Gasteiger partial charge on any atom is 0.307 e. The first kappa shape index (κ1) is 13.5. The van der Waals surface area contributed by atoms with Crippen LogP contribution in [0.4, 0.5) is 0 Å². The topological polar surface area (TPSA) is 49.8 Å². The molecule has 0 aliphatic heterocycles. The quantitative estimate of drug-likeness (QED) is 0.732. The first-order chi connectivity index (χ1) is 8.08. The summed E-state index contributed by atoms with van der Waals surface area (Å²) in [6.07, 6.45) is 1.03. The van der Waals surface area contributed by atoms with Crippen molar-refractivity contribution >= 4 is 5.97 Å². The third-order valence-electron chi connectivity index (χ3n) is 2.30. The van der Waals surface area contributed by atoms with Gasteiger partial charge in [-0.15, -0.1) is 0 Å². The summed E-state index contributed by atoms with van der Waals surface area (Å²) in [7, 11) is 4.06. The second-order valence-electron chi connectivity index (χ2n) is 4.22. The first-order valence-corrected chi connectivity index (χ1v) is 5.66. The molecule has 4 heteroatoms. The van der Waals surface area contributed by atoms with Crippen molar-refractivity contribution < 1.29 is 14.6 Å². The van der Waals surface area contributed by atoms with Crippen molar-refractivity contribution in [2.24, 2.45) is 0 Å². The number of hydrogen-bond donors (Lipinski definition) is 1. The van der Waals surface area contributed by atoms with Crippen LogP contribution in [0, 0.1) is 0 Å². The SMILES string of the molecule is CN(C)CCCOc1ccc(CC(=O)O)cc1. The molecule has 4 nitrogen and oxygen atoms in total. The molecule has 1 aromatic carbocycles. The first-order valence-electron chi connectivity index (χ1n) is 5.66. The predicted octanol–water partition coefficient (Wildman–Crippen LogP) is 1.64. The molecular formula is C13H19NO3. The number of rotatable bonds is 7. The molecule has 0 amide bonds. The lowest BCUT2D eigenvalue weighted by molar-refractivity contribution is -0.136. The van der Waals surface area contributed by atoms with Crippen LogP contribution in [0.1, 0.15) is 12.0 Å². The van der Waals surface area contributed by atoms with Gasteiger partial charge in [0.2, 0.25) is 0 Å². The highest BCUT2D eigenvalue weighted by atomic mass is 16.5. The predicted molar refractivity (Wildman–Crippen MR) is 66.4 cm³/mol. The van der Waals surface area contributed by atoms with Crippen LogP contribution in [0.3, 0.4) is 0 Å². The highest BCUT2D eigenvalue weighted by molar-refractivity contribution is 5.70. The van der Waals surface area contributed by atoms with Gasteiger partial charge in [-0.2, -0.15) is 0 Å². The van der Waals surface area contributed by atoms with Crippen LogP contribution in [0.5, 0.6) is 5.75 Å². The maximum absolute atomic E-state index is 10.5. The largest absolute Gasteiger partial charge is 0.494 e. The Morgan fingerprint density at radius 1 is 1.29 bits per heavy atom. The summed E-state index contributed by atoms with van der Waals surface area (Å²) in [5.41, 5.74) is 0.790. The van der Waals surface area contributed by atoms with E-state index >= 15 is 0 Å². The highest BCUT2D eigenvalue weighted by Gasteiger charge is 2.00. The molecule has 1 aromatic rings. The van der Waals surface area contributed by atoms with E-state index in [-0.39, 0.29) is 6.42 Å². The van der Waals surface area contributed by atoms with Crippen LogP contribution in [-0.4, -0.2) is 43.2 Å². The Bertz CT molecular complexity index is 346. The van der Waals surface area contributed by atoms with E-state index in [1.807, 2.05) is 26.2 Å². The zero-order valence-electron chi connectivity index (χ0n) is 10.3. The molecule has 0 saturated heterocycles. The van der Waals surface area contributed by atoms with E-state index in [1.165, 1.54) is 0 Å². The van der Waals surface area contributed by atoms with Gasteiger partial charge in [-0.3, -0.25) is 4.79 Å². The number of ether oxygens (including phenoxy) is 1. The third-order valence-corrected chi connectivity index (χ3v) is 2.30. The van der Waals surface area contributed by atoms with Crippen molar-refractivity contribution in [2.75, 3.05) is 27.2 Å². The smallest absolute Gasteiger partial charge is 0.307 e. The van der Waals surface area contributed by atoms with Gasteiger partial charge < -0.3 is 14.7 Å². The molecule has 0 saturated carbocycles. The van der Waals surface area contributed by atoms with Gasteiger partial charge in [-0.1, -0.05) is 12.1 Å². The molecule has 17 heavy (non-hydrogen) atoms. The minimum Gasteiger partial charge on any atom is -0.494 e. The number of hydrogen-bond acceptors (Lipinski definition) is 3. The third kappa shape index (κ3) is 5.92. The number of aliphatic carboxylic acids is 1. The van der Waals surface area contributed by atoms with E-state index in [1.54, 1.807) is 12.1 Å². The van der Waals surface area contributed by atoms with Gasteiger partial charge in [0.1, 0.15) is 5.75 Å². The van der Waals surface area contributed by atoms with Gasteiger partial charge in [0.25, 0.3) is 0 Å². The van der Waals surface area contributed by atoms with Crippen LogP contribution in [0.15, 0.2) is 24.3 Å². The van der Waals surface area contributed by atoms with Gasteiger partial charge in [0.05, 0.1) is 13.0 Å². The highest BCUT2D eigenvalue weighted by Crippen LogP contribution is 2.12. The molecule has 0 bridgehead atoms. The zero-order chi connectivity index (χ0) is 12.7. The lowest BCUT2D eigenvalue weighted by Crippen LogP contribution is -2.15. The molecule has 0 fully saturated rings. The fourth-order valence-electron chi connectivity index (χ4n) is 1.45. The fourth-order valence-corrected chi connectivity index (χ4v) is 1.45. The number of nitrogens with zero attached hydrogens (tertiary/aromatic N) is 1. The molecule has 1 rings (SSSR count). The summed E-state index contributed by atoms with van der Waals surface area (Å²) in [5.74, 6) is -0.0254. The number of carbonyl (C=O) groups is 1. The lowest BCUT2D eigenvalue weighted by Gasteiger charge is -2.10. The van der Waals surface area contributed by atoms with Gasteiger partial charge >= 0.3 is 5.97 Å². The van der Waals surface area contributed by atoms with Crippen LogP contribution in [0.25, 0.3) is 0 Å². The van der Waals surface area contributed by atoms with Gasteiger partial charge in [-0.05, 0) is 38.2 Å². The lowest BCUT2D eigenvalue weighted by atomic mass is 10.1. The van der Waals surface area contributed by atoms with Gasteiger partial charge in [0, 0.05) is 6.54 Å².